The Labute approximate surface area is 167 Å². The normalized spacial score (nSPS) is 11.2. The third-order valence-corrected chi connectivity index (χ3v) is 3.96. The topological polar surface area (TPSA) is 54.0 Å². The number of alkyl halides is 3. The molecule has 2 rings (SSSR count). The van der Waals surface area contributed by atoms with Gasteiger partial charge in [0, 0.05) is 19.6 Å². The molecule has 0 radical (unpaired) electrons. The van der Waals surface area contributed by atoms with E-state index in [0.29, 0.717) is 30.1 Å². The van der Waals surface area contributed by atoms with Gasteiger partial charge >= 0.3 is 12.1 Å². The van der Waals surface area contributed by atoms with Gasteiger partial charge in [-0.05, 0) is 42.7 Å². The maximum absolute atomic E-state index is 12.7. The number of hydrogen-bond acceptors (Lipinski definition) is 5. The number of carbonyl (C=O) groups excluding carboxylic acids is 1. The van der Waals surface area contributed by atoms with Crippen LogP contribution in [-0.2, 0) is 33.5 Å². The zero-order valence-electron chi connectivity index (χ0n) is 16.3. The number of carbonyl (C=O) groups is 1. The molecule has 8 heteroatoms. The highest BCUT2D eigenvalue weighted by Gasteiger charge is 2.29. The number of rotatable bonds is 10. The lowest BCUT2D eigenvalue weighted by Crippen LogP contribution is -2.07. The first-order chi connectivity index (χ1) is 13.8. The zero-order valence-corrected chi connectivity index (χ0v) is 16.3. The maximum atomic E-state index is 12.7. The molecular weight excluding hydrogens is 389 g/mol. The van der Waals surface area contributed by atoms with Gasteiger partial charge in [-0.3, -0.25) is 4.79 Å². The molecule has 0 aliphatic heterocycles. The second-order valence-corrected chi connectivity index (χ2v) is 6.11. The smallest absolute Gasteiger partial charge is 0.416 e. The van der Waals surface area contributed by atoms with Gasteiger partial charge in [0.25, 0.3) is 0 Å². The molecule has 5 nitrogen and oxygen atoms in total. The SMILES string of the molecule is CCOC(=O)CCc1ccc(OCOC)cc1OCc1ccc(C(F)(F)F)cc1. The quantitative estimate of drug-likeness (QED) is 0.416. The molecule has 0 atom stereocenters. The summed E-state index contributed by atoms with van der Waals surface area (Å²) in [6.07, 6.45) is -3.80. The third kappa shape index (κ3) is 7.30. The van der Waals surface area contributed by atoms with E-state index in [-0.39, 0.29) is 25.8 Å². The number of aryl methyl sites for hydroxylation is 1. The summed E-state index contributed by atoms with van der Waals surface area (Å²) in [6.45, 7) is 2.16. The highest BCUT2D eigenvalue weighted by atomic mass is 19.4. The summed E-state index contributed by atoms with van der Waals surface area (Å²) >= 11 is 0. The zero-order chi connectivity index (χ0) is 21.3. The molecule has 0 spiro atoms. The van der Waals surface area contributed by atoms with Crippen molar-refractivity contribution < 1.29 is 36.9 Å². The van der Waals surface area contributed by atoms with Crippen LogP contribution in [0.3, 0.4) is 0 Å². The summed E-state index contributed by atoms with van der Waals surface area (Å²) in [7, 11) is 1.50. The summed E-state index contributed by atoms with van der Waals surface area (Å²) in [6, 6.07) is 9.91. The Balaban J connectivity index is 2.11. The molecule has 0 bridgehead atoms. The van der Waals surface area contributed by atoms with Crippen molar-refractivity contribution in [2.24, 2.45) is 0 Å². The fourth-order valence-corrected chi connectivity index (χ4v) is 2.51. The van der Waals surface area contributed by atoms with Crippen LogP contribution < -0.4 is 9.47 Å². The molecule has 0 N–H and O–H groups in total. The average molecular weight is 412 g/mol. The molecule has 0 saturated heterocycles. The maximum Gasteiger partial charge on any atom is 0.416 e. The highest BCUT2D eigenvalue weighted by molar-refractivity contribution is 5.69. The molecule has 0 unspecified atom stereocenters. The lowest BCUT2D eigenvalue weighted by atomic mass is 10.1. The standard InChI is InChI=1S/C21H23F3O5/c1-3-27-20(25)11-7-16-6-10-18(29-14-26-2)12-19(16)28-13-15-4-8-17(9-5-15)21(22,23)24/h4-6,8-10,12H,3,7,11,13-14H2,1-2H3. The van der Waals surface area contributed by atoms with Crippen LogP contribution in [0.5, 0.6) is 11.5 Å². The van der Waals surface area contributed by atoms with Gasteiger partial charge in [-0.25, -0.2) is 0 Å². The largest absolute Gasteiger partial charge is 0.488 e. The molecule has 0 aliphatic carbocycles. The van der Waals surface area contributed by atoms with Crippen LogP contribution >= 0.6 is 0 Å². The van der Waals surface area contributed by atoms with E-state index in [1.807, 2.05) is 0 Å². The number of halogens is 3. The van der Waals surface area contributed by atoms with Crippen molar-refractivity contribution in [3.05, 3.63) is 59.2 Å². The molecule has 2 aromatic rings. The predicted molar refractivity (Wildman–Crippen MR) is 99.7 cm³/mol. The van der Waals surface area contributed by atoms with Crippen molar-refractivity contribution >= 4 is 5.97 Å². The second-order valence-electron chi connectivity index (χ2n) is 6.11. The molecule has 0 saturated carbocycles. The van der Waals surface area contributed by atoms with E-state index >= 15 is 0 Å². The van der Waals surface area contributed by atoms with E-state index < -0.39 is 11.7 Å². The fraction of sp³-hybridized carbons (Fsp3) is 0.381. The highest BCUT2D eigenvalue weighted by Crippen LogP contribution is 2.30. The molecule has 0 fully saturated rings. The minimum absolute atomic E-state index is 0.0561. The summed E-state index contributed by atoms with van der Waals surface area (Å²) < 4.78 is 59.1. The van der Waals surface area contributed by atoms with E-state index in [1.54, 1.807) is 25.1 Å². The predicted octanol–water partition coefficient (Wildman–Crippen LogP) is 4.76. The minimum Gasteiger partial charge on any atom is -0.488 e. The first-order valence-electron chi connectivity index (χ1n) is 9.02. The lowest BCUT2D eigenvalue weighted by molar-refractivity contribution is -0.143. The molecule has 2 aromatic carbocycles. The first-order valence-corrected chi connectivity index (χ1v) is 9.02. The van der Waals surface area contributed by atoms with Crippen molar-refractivity contribution in [2.75, 3.05) is 20.5 Å². The van der Waals surface area contributed by atoms with Gasteiger partial charge < -0.3 is 18.9 Å². The Kier molecular flexibility index (Phi) is 8.33. The van der Waals surface area contributed by atoms with Gasteiger partial charge in [-0.15, -0.1) is 0 Å². The average Bonchev–Trinajstić information content (AvgIpc) is 2.69. The lowest BCUT2D eigenvalue weighted by Gasteiger charge is -2.14. The van der Waals surface area contributed by atoms with Crippen LogP contribution in [0.4, 0.5) is 13.2 Å². The summed E-state index contributed by atoms with van der Waals surface area (Å²) in [5.74, 6) is 0.665. The van der Waals surface area contributed by atoms with Crippen LogP contribution in [-0.4, -0.2) is 26.5 Å². The molecular formula is C21H23F3O5. The second kappa shape index (κ2) is 10.7. The molecule has 0 aromatic heterocycles. The number of ether oxygens (including phenoxy) is 4. The van der Waals surface area contributed by atoms with Gasteiger partial charge in [0.2, 0.25) is 0 Å². The Morgan fingerprint density at radius 3 is 2.38 bits per heavy atom. The van der Waals surface area contributed by atoms with E-state index in [9.17, 15) is 18.0 Å². The minimum atomic E-state index is -4.38. The van der Waals surface area contributed by atoms with Gasteiger partial charge in [0.1, 0.15) is 18.1 Å². The van der Waals surface area contributed by atoms with Crippen LogP contribution in [0.15, 0.2) is 42.5 Å². The Bertz CT molecular complexity index is 788. The summed E-state index contributed by atoms with van der Waals surface area (Å²) in [5.41, 5.74) is 0.624. The van der Waals surface area contributed by atoms with E-state index in [4.69, 9.17) is 18.9 Å². The summed E-state index contributed by atoms with van der Waals surface area (Å²) in [5, 5.41) is 0. The molecule has 0 aliphatic rings. The van der Waals surface area contributed by atoms with Crippen LogP contribution in [0.2, 0.25) is 0 Å². The van der Waals surface area contributed by atoms with Crippen LogP contribution in [0.25, 0.3) is 0 Å². The monoisotopic (exact) mass is 412 g/mol. The molecule has 158 valence electrons. The van der Waals surface area contributed by atoms with Gasteiger partial charge in [0.15, 0.2) is 6.79 Å². The Morgan fingerprint density at radius 1 is 1.03 bits per heavy atom. The third-order valence-electron chi connectivity index (χ3n) is 3.96. The first kappa shape index (κ1) is 22.5. The van der Waals surface area contributed by atoms with E-state index in [0.717, 1.165) is 17.7 Å². The van der Waals surface area contributed by atoms with Crippen molar-refractivity contribution in [3.63, 3.8) is 0 Å². The van der Waals surface area contributed by atoms with E-state index in [1.165, 1.54) is 19.2 Å². The molecule has 0 amide bonds. The molecule has 0 heterocycles. The van der Waals surface area contributed by atoms with Crippen molar-refractivity contribution in [1.29, 1.82) is 0 Å². The van der Waals surface area contributed by atoms with Gasteiger partial charge in [-0.2, -0.15) is 13.2 Å². The summed E-state index contributed by atoms with van der Waals surface area (Å²) in [4.78, 5) is 11.6. The van der Waals surface area contributed by atoms with Gasteiger partial charge in [0.05, 0.1) is 12.2 Å². The van der Waals surface area contributed by atoms with Crippen molar-refractivity contribution in [1.82, 2.24) is 0 Å². The fourth-order valence-electron chi connectivity index (χ4n) is 2.51. The number of hydrogen-bond donors (Lipinski definition) is 0. The Hall–Kier alpha value is -2.74. The number of methoxy groups -OCH3 is 1. The van der Waals surface area contributed by atoms with Crippen molar-refractivity contribution in [3.8, 4) is 11.5 Å². The van der Waals surface area contributed by atoms with E-state index in [2.05, 4.69) is 0 Å². The van der Waals surface area contributed by atoms with Crippen LogP contribution in [0, 0.1) is 0 Å². The number of benzene rings is 2. The van der Waals surface area contributed by atoms with Gasteiger partial charge in [-0.1, -0.05) is 18.2 Å². The van der Waals surface area contributed by atoms with Crippen LogP contribution in [0.1, 0.15) is 30.0 Å². The van der Waals surface area contributed by atoms with Crippen molar-refractivity contribution in [2.45, 2.75) is 32.5 Å². The Morgan fingerprint density at radius 2 is 1.76 bits per heavy atom. The number of esters is 1. The molecule has 29 heavy (non-hydrogen) atoms.